The van der Waals surface area contributed by atoms with Crippen LogP contribution < -0.4 is 4.90 Å². The Bertz CT molecular complexity index is 942. The Kier molecular flexibility index (Phi) is 5.34. The van der Waals surface area contributed by atoms with Crippen molar-refractivity contribution in [3.05, 3.63) is 63.6 Å². The van der Waals surface area contributed by atoms with Crippen LogP contribution in [0.5, 0.6) is 0 Å². The molecule has 28 heavy (non-hydrogen) atoms. The lowest BCUT2D eigenvalue weighted by Crippen LogP contribution is -2.53. The minimum absolute atomic E-state index is 0.0899. The fourth-order valence-electron chi connectivity index (χ4n) is 3.96. The molecule has 2 aromatic rings. The summed E-state index contributed by atoms with van der Waals surface area (Å²) in [6.45, 7) is 3.20. The van der Waals surface area contributed by atoms with Crippen molar-refractivity contribution in [3.63, 3.8) is 0 Å². The van der Waals surface area contributed by atoms with Crippen LogP contribution in [0, 0.1) is 6.92 Å². The van der Waals surface area contributed by atoms with E-state index in [1.807, 2.05) is 34.9 Å². The predicted octanol–water partition coefficient (Wildman–Crippen LogP) is 5.01. The van der Waals surface area contributed by atoms with Crippen LogP contribution >= 0.6 is 35.0 Å². The van der Waals surface area contributed by atoms with Crippen LogP contribution in [-0.2, 0) is 4.79 Å². The van der Waals surface area contributed by atoms with Crippen molar-refractivity contribution in [2.24, 2.45) is 0 Å². The van der Waals surface area contributed by atoms with Crippen molar-refractivity contribution in [1.29, 1.82) is 0 Å². The van der Waals surface area contributed by atoms with E-state index in [0.29, 0.717) is 34.5 Å². The quantitative estimate of drug-likeness (QED) is 0.666. The van der Waals surface area contributed by atoms with Gasteiger partial charge in [0.2, 0.25) is 5.91 Å². The number of carbonyl (C=O) groups excluding carboxylic acids is 2. The van der Waals surface area contributed by atoms with E-state index in [9.17, 15) is 9.59 Å². The molecule has 0 atom stereocenters. The largest absolute Gasteiger partial charge is 0.338 e. The number of hydrogen-bond donors (Lipinski definition) is 0. The van der Waals surface area contributed by atoms with Crippen molar-refractivity contribution in [2.45, 2.75) is 24.6 Å². The summed E-state index contributed by atoms with van der Waals surface area (Å²) in [5, 5.41) is 0.874. The van der Waals surface area contributed by atoms with Gasteiger partial charge in [-0.1, -0.05) is 35.3 Å². The van der Waals surface area contributed by atoms with E-state index < -0.39 is 0 Å². The van der Waals surface area contributed by atoms with E-state index in [2.05, 4.69) is 6.07 Å². The topological polar surface area (TPSA) is 40.6 Å². The highest BCUT2D eigenvalue weighted by atomic mass is 35.5. The second kappa shape index (κ2) is 7.62. The van der Waals surface area contributed by atoms with Gasteiger partial charge in [0.05, 0.1) is 21.2 Å². The van der Waals surface area contributed by atoms with E-state index in [0.717, 1.165) is 24.1 Å². The van der Waals surface area contributed by atoms with Crippen molar-refractivity contribution in [1.82, 2.24) is 4.90 Å². The number of likely N-dealkylation sites (tertiary alicyclic amines) is 1. The average Bonchev–Trinajstić information content (AvgIpc) is 2.98. The molecular formula is C21H20Cl2N2O2S. The Morgan fingerprint density at radius 3 is 2.54 bits per heavy atom. The minimum atomic E-state index is -0.286. The Balaban J connectivity index is 1.54. The third-order valence-electron chi connectivity index (χ3n) is 5.37. The second-order valence-corrected chi connectivity index (χ2v) is 9.40. The minimum Gasteiger partial charge on any atom is -0.338 e. The van der Waals surface area contributed by atoms with E-state index in [-0.39, 0.29) is 16.7 Å². The highest BCUT2D eigenvalue weighted by Crippen LogP contribution is 2.47. The summed E-state index contributed by atoms with van der Waals surface area (Å²) >= 11 is 13.8. The number of nitrogens with zero attached hydrogens (tertiary/aromatic N) is 2. The zero-order valence-electron chi connectivity index (χ0n) is 15.5. The monoisotopic (exact) mass is 434 g/mol. The number of amides is 2. The first-order valence-corrected chi connectivity index (χ1v) is 10.9. The molecule has 0 bridgehead atoms. The molecule has 2 aliphatic rings. The Morgan fingerprint density at radius 2 is 1.86 bits per heavy atom. The number of halogens is 2. The van der Waals surface area contributed by atoms with E-state index in [1.165, 1.54) is 0 Å². The molecule has 2 amide bonds. The first-order valence-electron chi connectivity index (χ1n) is 9.18. The first kappa shape index (κ1) is 19.6. The van der Waals surface area contributed by atoms with E-state index in [4.69, 9.17) is 23.2 Å². The third kappa shape index (κ3) is 3.51. The molecule has 0 unspecified atom stereocenters. The summed E-state index contributed by atoms with van der Waals surface area (Å²) in [7, 11) is 0. The molecule has 4 nitrogen and oxygen atoms in total. The van der Waals surface area contributed by atoms with Crippen LogP contribution in [0.3, 0.4) is 0 Å². The predicted molar refractivity (Wildman–Crippen MR) is 115 cm³/mol. The molecule has 0 saturated carbocycles. The number of rotatable bonds is 2. The molecule has 146 valence electrons. The van der Waals surface area contributed by atoms with Gasteiger partial charge < -0.3 is 4.90 Å². The van der Waals surface area contributed by atoms with Crippen LogP contribution in [0.1, 0.15) is 28.8 Å². The molecular weight excluding hydrogens is 415 g/mol. The van der Waals surface area contributed by atoms with Crippen LogP contribution in [0.4, 0.5) is 5.69 Å². The van der Waals surface area contributed by atoms with Gasteiger partial charge in [-0.15, -0.1) is 11.8 Å². The van der Waals surface area contributed by atoms with Crippen LogP contribution in [-0.4, -0.2) is 40.4 Å². The number of carbonyl (C=O) groups is 2. The number of piperidine rings is 1. The lowest BCUT2D eigenvalue weighted by atomic mass is 10.00. The Morgan fingerprint density at radius 1 is 1.11 bits per heavy atom. The number of hydrogen-bond acceptors (Lipinski definition) is 3. The third-order valence-corrected chi connectivity index (χ3v) is 7.44. The molecule has 0 radical (unpaired) electrons. The molecule has 2 saturated heterocycles. The zero-order chi connectivity index (χ0) is 19.9. The smallest absolute Gasteiger partial charge is 0.255 e. The SMILES string of the molecule is Cc1cccc(N2C(=O)CSC23CCN(C(=O)c2ccc(Cl)cc2Cl)CC3)c1. The number of benzene rings is 2. The van der Waals surface area contributed by atoms with Gasteiger partial charge in [0.1, 0.15) is 0 Å². The molecule has 2 aromatic carbocycles. The fraction of sp³-hybridized carbons (Fsp3) is 0.333. The lowest BCUT2D eigenvalue weighted by molar-refractivity contribution is -0.116. The summed E-state index contributed by atoms with van der Waals surface area (Å²) in [5.74, 6) is 0.523. The summed E-state index contributed by atoms with van der Waals surface area (Å²) in [5.41, 5.74) is 2.53. The van der Waals surface area contributed by atoms with Crippen LogP contribution in [0.2, 0.25) is 10.0 Å². The van der Waals surface area contributed by atoms with Crippen LogP contribution in [0.25, 0.3) is 0 Å². The number of anilines is 1. The average molecular weight is 435 g/mol. The molecule has 2 aliphatic heterocycles. The molecule has 0 aromatic heterocycles. The molecule has 1 spiro atoms. The summed E-state index contributed by atoms with van der Waals surface area (Å²) < 4.78 is 0. The van der Waals surface area contributed by atoms with Crippen molar-refractivity contribution < 1.29 is 9.59 Å². The van der Waals surface area contributed by atoms with Gasteiger partial charge >= 0.3 is 0 Å². The first-order chi connectivity index (χ1) is 13.4. The molecule has 2 fully saturated rings. The summed E-state index contributed by atoms with van der Waals surface area (Å²) in [6.07, 6.45) is 1.46. The lowest BCUT2D eigenvalue weighted by Gasteiger charge is -2.44. The number of aryl methyl sites for hydroxylation is 1. The Labute approximate surface area is 178 Å². The maximum atomic E-state index is 12.9. The van der Waals surface area contributed by atoms with E-state index in [1.54, 1.807) is 30.0 Å². The standard InChI is InChI=1S/C21H20Cl2N2O2S/c1-14-3-2-4-16(11-14)25-19(26)13-28-21(25)7-9-24(10-8-21)20(27)17-6-5-15(22)12-18(17)23/h2-6,11-12H,7-10,13H2,1H3. The second-order valence-electron chi connectivity index (χ2n) is 7.22. The molecule has 0 aliphatic carbocycles. The highest BCUT2D eigenvalue weighted by molar-refractivity contribution is 8.02. The summed E-state index contributed by atoms with van der Waals surface area (Å²) in [4.78, 5) is 29.1. The van der Waals surface area contributed by atoms with Gasteiger partial charge in [0.25, 0.3) is 5.91 Å². The fourth-order valence-corrected chi connectivity index (χ4v) is 5.78. The Hall–Kier alpha value is -1.69. The molecule has 2 heterocycles. The van der Waals surface area contributed by atoms with Crippen molar-refractivity contribution in [3.8, 4) is 0 Å². The van der Waals surface area contributed by atoms with Crippen molar-refractivity contribution in [2.75, 3.05) is 23.7 Å². The summed E-state index contributed by atoms with van der Waals surface area (Å²) in [6, 6.07) is 13.0. The maximum Gasteiger partial charge on any atom is 0.255 e. The van der Waals surface area contributed by atoms with Gasteiger partial charge in [-0.05, 0) is 55.7 Å². The van der Waals surface area contributed by atoms with Gasteiger partial charge in [-0.25, -0.2) is 0 Å². The number of thioether (sulfide) groups is 1. The van der Waals surface area contributed by atoms with Gasteiger partial charge in [0.15, 0.2) is 0 Å². The van der Waals surface area contributed by atoms with E-state index >= 15 is 0 Å². The molecule has 4 rings (SSSR count). The maximum absolute atomic E-state index is 12.9. The van der Waals surface area contributed by atoms with Gasteiger partial charge in [-0.2, -0.15) is 0 Å². The highest BCUT2D eigenvalue weighted by Gasteiger charge is 2.49. The molecule has 0 N–H and O–H groups in total. The zero-order valence-corrected chi connectivity index (χ0v) is 17.8. The van der Waals surface area contributed by atoms with Gasteiger partial charge in [-0.3, -0.25) is 14.5 Å². The van der Waals surface area contributed by atoms with Crippen LogP contribution in [0.15, 0.2) is 42.5 Å². The van der Waals surface area contributed by atoms with Gasteiger partial charge in [0, 0.05) is 23.8 Å². The molecule has 7 heteroatoms. The normalized spacial score (nSPS) is 18.8. The van der Waals surface area contributed by atoms with Crippen molar-refractivity contribution >= 4 is 52.5 Å².